The van der Waals surface area contributed by atoms with Gasteiger partial charge in [-0.3, -0.25) is 9.59 Å². The zero-order chi connectivity index (χ0) is 28.2. The molecule has 2 N–H and O–H groups in total. The Kier molecular flexibility index (Phi) is 11.4. The number of nitrogens with zero attached hydrogens (tertiary/aromatic N) is 1. The van der Waals surface area contributed by atoms with Crippen molar-refractivity contribution in [3.05, 3.63) is 99.6 Å². The number of ether oxygens (including phenoxy) is 2. The molecule has 3 aromatic carbocycles. The van der Waals surface area contributed by atoms with E-state index in [1.807, 2.05) is 50.2 Å². The number of benzene rings is 3. The number of amides is 2. The smallest absolute Gasteiger partial charge is 0.240 e. The van der Waals surface area contributed by atoms with E-state index in [0.717, 1.165) is 16.7 Å². The molecule has 0 bridgehead atoms. The summed E-state index contributed by atoms with van der Waals surface area (Å²) in [6.07, 6.45) is 3.80. The lowest BCUT2D eigenvalue weighted by Gasteiger charge is -2.17. The van der Waals surface area contributed by atoms with Gasteiger partial charge in [0, 0.05) is 39.7 Å². The standard InChI is InChI=1S/C30H31Cl2N3O4/c1-4-8-22-15-21(16-27(38-5-2)30(22)39-19-23-9-6-7-10-25(23)31)18-33-35-29(37)14-13-28(36)34-24-12-11-20(3)26(32)17-24/h4,6-7,9-12,15-18H,1,5,8,13-14,19H2,2-3H3,(H,34,36)(H,35,37). The molecule has 3 aromatic rings. The molecule has 204 valence electrons. The first-order chi connectivity index (χ1) is 18.8. The first-order valence-corrected chi connectivity index (χ1v) is 13.2. The zero-order valence-corrected chi connectivity index (χ0v) is 23.4. The average molecular weight is 569 g/mol. The van der Waals surface area contributed by atoms with Crippen LogP contribution in [0, 0.1) is 6.92 Å². The Morgan fingerprint density at radius 2 is 1.74 bits per heavy atom. The van der Waals surface area contributed by atoms with Crippen molar-refractivity contribution in [3.63, 3.8) is 0 Å². The molecule has 7 nitrogen and oxygen atoms in total. The van der Waals surface area contributed by atoms with E-state index in [1.165, 1.54) is 6.21 Å². The highest BCUT2D eigenvalue weighted by Crippen LogP contribution is 2.34. The van der Waals surface area contributed by atoms with Crippen molar-refractivity contribution in [1.82, 2.24) is 5.43 Å². The average Bonchev–Trinajstić information content (AvgIpc) is 2.90. The molecular formula is C30H31Cl2N3O4. The minimum absolute atomic E-state index is 0.00227. The third kappa shape index (κ3) is 9.16. The van der Waals surface area contributed by atoms with Gasteiger partial charge in [0.15, 0.2) is 11.5 Å². The minimum atomic E-state index is -0.389. The van der Waals surface area contributed by atoms with Gasteiger partial charge in [-0.2, -0.15) is 5.10 Å². The summed E-state index contributed by atoms with van der Waals surface area (Å²) in [4.78, 5) is 24.4. The second-order valence-electron chi connectivity index (χ2n) is 8.62. The maximum Gasteiger partial charge on any atom is 0.240 e. The Morgan fingerprint density at radius 3 is 2.46 bits per heavy atom. The van der Waals surface area contributed by atoms with E-state index in [2.05, 4.69) is 22.4 Å². The fourth-order valence-corrected chi connectivity index (χ4v) is 3.98. The number of hydrazone groups is 1. The molecular weight excluding hydrogens is 537 g/mol. The molecule has 0 saturated heterocycles. The van der Waals surface area contributed by atoms with Gasteiger partial charge in [-0.25, -0.2) is 5.43 Å². The summed E-state index contributed by atoms with van der Waals surface area (Å²) < 4.78 is 12.0. The monoisotopic (exact) mass is 567 g/mol. The number of carbonyl (C=O) groups is 2. The van der Waals surface area contributed by atoms with Crippen molar-refractivity contribution in [2.75, 3.05) is 11.9 Å². The molecule has 0 spiro atoms. The Balaban J connectivity index is 1.62. The summed E-state index contributed by atoms with van der Waals surface area (Å²) in [5, 5.41) is 7.96. The lowest BCUT2D eigenvalue weighted by atomic mass is 10.1. The summed E-state index contributed by atoms with van der Waals surface area (Å²) in [5.74, 6) is 0.458. The predicted octanol–water partition coefficient (Wildman–Crippen LogP) is 6.88. The molecule has 3 rings (SSSR count). The van der Waals surface area contributed by atoms with E-state index in [-0.39, 0.29) is 31.3 Å². The van der Waals surface area contributed by atoms with Crippen LogP contribution in [0.4, 0.5) is 5.69 Å². The van der Waals surface area contributed by atoms with Crippen LogP contribution in [0.2, 0.25) is 10.0 Å². The lowest BCUT2D eigenvalue weighted by molar-refractivity contribution is -0.124. The topological polar surface area (TPSA) is 89.0 Å². The largest absolute Gasteiger partial charge is 0.490 e. The summed E-state index contributed by atoms with van der Waals surface area (Å²) in [6.45, 7) is 8.31. The molecule has 0 saturated carbocycles. The molecule has 0 fully saturated rings. The lowest BCUT2D eigenvalue weighted by Crippen LogP contribution is -2.20. The highest BCUT2D eigenvalue weighted by atomic mass is 35.5. The summed E-state index contributed by atoms with van der Waals surface area (Å²) in [5.41, 5.74) is 6.36. The normalized spacial score (nSPS) is 10.8. The zero-order valence-electron chi connectivity index (χ0n) is 21.9. The van der Waals surface area contributed by atoms with Crippen molar-refractivity contribution in [2.45, 2.75) is 39.7 Å². The molecule has 9 heteroatoms. The Hall–Kier alpha value is -3.81. The molecule has 0 unspecified atom stereocenters. The number of anilines is 1. The van der Waals surface area contributed by atoms with Crippen LogP contribution in [-0.2, 0) is 22.6 Å². The number of nitrogens with one attached hydrogen (secondary N) is 2. The molecule has 2 amide bonds. The van der Waals surface area contributed by atoms with E-state index in [0.29, 0.717) is 45.8 Å². The number of allylic oxidation sites excluding steroid dienone is 1. The second kappa shape index (κ2) is 15.0. The van der Waals surface area contributed by atoms with Gasteiger partial charge < -0.3 is 14.8 Å². The van der Waals surface area contributed by atoms with Gasteiger partial charge in [0.1, 0.15) is 6.61 Å². The number of hydrogen-bond donors (Lipinski definition) is 2. The molecule has 39 heavy (non-hydrogen) atoms. The molecule has 0 radical (unpaired) electrons. The van der Waals surface area contributed by atoms with Crippen LogP contribution >= 0.6 is 23.2 Å². The van der Waals surface area contributed by atoms with Crippen LogP contribution in [0.25, 0.3) is 0 Å². The van der Waals surface area contributed by atoms with Gasteiger partial charge in [0.25, 0.3) is 0 Å². The van der Waals surface area contributed by atoms with E-state index in [1.54, 1.807) is 24.3 Å². The van der Waals surface area contributed by atoms with E-state index >= 15 is 0 Å². The van der Waals surface area contributed by atoms with Crippen LogP contribution in [0.15, 0.2) is 72.4 Å². The van der Waals surface area contributed by atoms with Gasteiger partial charge in [0.2, 0.25) is 11.8 Å². The summed E-state index contributed by atoms with van der Waals surface area (Å²) >= 11 is 12.4. The summed E-state index contributed by atoms with van der Waals surface area (Å²) in [7, 11) is 0. The molecule has 0 aliphatic carbocycles. The number of halogens is 2. The molecule has 0 heterocycles. The SMILES string of the molecule is C=CCc1cc(C=NNC(=O)CCC(=O)Nc2ccc(C)c(Cl)c2)cc(OCC)c1OCc1ccccc1Cl. The first-order valence-electron chi connectivity index (χ1n) is 12.5. The van der Waals surface area contributed by atoms with Gasteiger partial charge in [-0.15, -0.1) is 6.58 Å². The van der Waals surface area contributed by atoms with Crippen LogP contribution in [0.3, 0.4) is 0 Å². The minimum Gasteiger partial charge on any atom is -0.490 e. The molecule has 0 atom stereocenters. The van der Waals surface area contributed by atoms with E-state index in [9.17, 15) is 9.59 Å². The van der Waals surface area contributed by atoms with E-state index in [4.69, 9.17) is 32.7 Å². The second-order valence-corrected chi connectivity index (χ2v) is 9.43. The van der Waals surface area contributed by atoms with Crippen LogP contribution in [-0.4, -0.2) is 24.6 Å². The maximum atomic E-state index is 12.2. The van der Waals surface area contributed by atoms with Gasteiger partial charge in [-0.05, 0) is 61.7 Å². The third-order valence-corrected chi connectivity index (χ3v) is 6.36. The Labute approximate surface area is 238 Å². The van der Waals surface area contributed by atoms with Crippen molar-refractivity contribution >= 4 is 46.9 Å². The Morgan fingerprint density at radius 1 is 0.974 bits per heavy atom. The number of rotatable bonds is 13. The number of hydrogen-bond acceptors (Lipinski definition) is 5. The fourth-order valence-electron chi connectivity index (χ4n) is 3.61. The number of aryl methyl sites for hydroxylation is 1. The van der Waals surface area contributed by atoms with Crippen molar-refractivity contribution < 1.29 is 19.1 Å². The third-order valence-electron chi connectivity index (χ3n) is 5.59. The molecule has 0 aliphatic heterocycles. The highest BCUT2D eigenvalue weighted by molar-refractivity contribution is 6.31. The fraction of sp³-hybridized carbons (Fsp3) is 0.233. The van der Waals surface area contributed by atoms with Crippen LogP contribution < -0.4 is 20.2 Å². The van der Waals surface area contributed by atoms with E-state index < -0.39 is 0 Å². The quantitative estimate of drug-likeness (QED) is 0.134. The summed E-state index contributed by atoms with van der Waals surface area (Å²) in [6, 6.07) is 16.4. The Bertz CT molecular complexity index is 1360. The first kappa shape index (κ1) is 29.7. The van der Waals surface area contributed by atoms with Crippen LogP contribution in [0.5, 0.6) is 11.5 Å². The van der Waals surface area contributed by atoms with Crippen molar-refractivity contribution in [3.8, 4) is 11.5 Å². The predicted molar refractivity (Wildman–Crippen MR) is 157 cm³/mol. The number of carbonyl (C=O) groups excluding carboxylic acids is 2. The van der Waals surface area contributed by atoms with Gasteiger partial charge in [0.05, 0.1) is 12.8 Å². The van der Waals surface area contributed by atoms with Gasteiger partial charge >= 0.3 is 0 Å². The van der Waals surface area contributed by atoms with Crippen molar-refractivity contribution in [2.24, 2.45) is 5.10 Å². The van der Waals surface area contributed by atoms with Crippen LogP contribution in [0.1, 0.15) is 42.0 Å². The van der Waals surface area contributed by atoms with Gasteiger partial charge in [-0.1, -0.05) is 53.5 Å². The molecule has 0 aliphatic rings. The van der Waals surface area contributed by atoms with Crippen molar-refractivity contribution in [1.29, 1.82) is 0 Å². The molecule has 0 aromatic heterocycles. The highest BCUT2D eigenvalue weighted by Gasteiger charge is 2.14. The maximum absolute atomic E-state index is 12.2.